The molecule has 2 aromatic rings. The second-order valence-electron chi connectivity index (χ2n) is 6.44. The Hall–Kier alpha value is -2.16. The molecule has 0 radical (unpaired) electrons. The van der Waals surface area contributed by atoms with Crippen LogP contribution >= 0.6 is 0 Å². The summed E-state index contributed by atoms with van der Waals surface area (Å²) in [5.41, 5.74) is -0.351. The van der Waals surface area contributed by atoms with Gasteiger partial charge < -0.3 is 14.2 Å². The molecule has 9 heteroatoms. The van der Waals surface area contributed by atoms with Crippen LogP contribution < -0.4 is 0 Å². The number of hydrogen-bond acceptors (Lipinski definition) is 5. The number of aromatic nitrogens is 2. The largest absolute Gasteiger partial charge is 0.417 e. The third-order valence-corrected chi connectivity index (χ3v) is 4.73. The van der Waals surface area contributed by atoms with Crippen molar-refractivity contribution >= 4 is 17.0 Å². The number of alkyl halides is 3. The van der Waals surface area contributed by atoms with Crippen molar-refractivity contribution in [3.8, 4) is 0 Å². The van der Waals surface area contributed by atoms with Gasteiger partial charge in [0.2, 0.25) is 5.91 Å². The summed E-state index contributed by atoms with van der Waals surface area (Å²) in [4.78, 5) is 18.0. The van der Waals surface area contributed by atoms with E-state index in [4.69, 9.17) is 9.26 Å². The normalized spacial score (nSPS) is 16.4. The third kappa shape index (κ3) is 3.67. The van der Waals surface area contributed by atoms with E-state index in [2.05, 4.69) is 10.1 Å². The molecule has 1 aliphatic rings. The van der Waals surface area contributed by atoms with Gasteiger partial charge in [0.25, 0.3) is 5.71 Å². The summed E-state index contributed by atoms with van der Waals surface area (Å²) in [6.45, 7) is 2.80. The molecule has 2 aromatic heterocycles. The standard InChI is InChI=1S/C17H20F3N3O3/c1-10-15-12(17(18,19)20)9-13(21-16(15)26-22-10)11-3-6-23(7-4-11)14(24)5-8-25-2/h9,11H,3-8H2,1-2H3. The molecular formula is C17H20F3N3O3. The Morgan fingerprint density at radius 2 is 2.08 bits per heavy atom. The Balaban J connectivity index is 1.81. The van der Waals surface area contributed by atoms with Crippen LogP contribution in [0, 0.1) is 6.92 Å². The van der Waals surface area contributed by atoms with Gasteiger partial charge in [-0.05, 0) is 25.8 Å². The summed E-state index contributed by atoms with van der Waals surface area (Å²) in [6.07, 6.45) is -3.09. The molecular weight excluding hydrogens is 351 g/mol. The van der Waals surface area contributed by atoms with Crippen molar-refractivity contribution < 1.29 is 27.2 Å². The maximum absolute atomic E-state index is 13.4. The van der Waals surface area contributed by atoms with Crippen LogP contribution in [0.2, 0.25) is 0 Å². The zero-order valence-corrected chi connectivity index (χ0v) is 14.6. The number of rotatable bonds is 4. The van der Waals surface area contributed by atoms with Gasteiger partial charge in [0, 0.05) is 31.8 Å². The minimum absolute atomic E-state index is 0.00412. The van der Waals surface area contributed by atoms with Crippen LogP contribution in [0.4, 0.5) is 13.2 Å². The lowest BCUT2D eigenvalue weighted by Gasteiger charge is -2.32. The molecule has 3 heterocycles. The first-order chi connectivity index (χ1) is 12.3. The summed E-state index contributed by atoms with van der Waals surface area (Å²) >= 11 is 0. The van der Waals surface area contributed by atoms with E-state index in [0.717, 1.165) is 6.07 Å². The summed E-state index contributed by atoms with van der Waals surface area (Å²) < 4.78 is 50.2. The third-order valence-electron chi connectivity index (χ3n) is 4.73. The van der Waals surface area contributed by atoms with E-state index in [0.29, 0.717) is 44.7 Å². The molecule has 0 spiro atoms. The number of carbonyl (C=O) groups is 1. The van der Waals surface area contributed by atoms with E-state index in [1.165, 1.54) is 14.0 Å². The molecule has 142 valence electrons. The number of ether oxygens (including phenoxy) is 1. The molecule has 1 saturated heterocycles. The van der Waals surface area contributed by atoms with Gasteiger partial charge in [0.05, 0.1) is 29.7 Å². The van der Waals surface area contributed by atoms with E-state index in [-0.39, 0.29) is 28.6 Å². The van der Waals surface area contributed by atoms with Crippen LogP contribution in [0.3, 0.4) is 0 Å². The fourth-order valence-corrected chi connectivity index (χ4v) is 3.32. The lowest BCUT2D eigenvalue weighted by atomic mass is 9.91. The maximum atomic E-state index is 13.4. The van der Waals surface area contributed by atoms with Crippen molar-refractivity contribution in [3.63, 3.8) is 0 Å². The van der Waals surface area contributed by atoms with E-state index >= 15 is 0 Å². The highest BCUT2D eigenvalue weighted by atomic mass is 19.4. The minimum Gasteiger partial charge on any atom is -0.384 e. The van der Waals surface area contributed by atoms with Gasteiger partial charge in [0.15, 0.2) is 0 Å². The van der Waals surface area contributed by atoms with Crippen LogP contribution in [0.15, 0.2) is 10.6 Å². The van der Waals surface area contributed by atoms with Crippen LogP contribution in [0.5, 0.6) is 0 Å². The van der Waals surface area contributed by atoms with Crippen LogP contribution in [0.1, 0.15) is 42.1 Å². The number of halogens is 3. The van der Waals surface area contributed by atoms with E-state index < -0.39 is 11.7 Å². The summed E-state index contributed by atoms with van der Waals surface area (Å²) in [5, 5.41) is 3.53. The Morgan fingerprint density at radius 1 is 1.38 bits per heavy atom. The molecule has 0 unspecified atom stereocenters. The Bertz CT molecular complexity index is 796. The van der Waals surface area contributed by atoms with Gasteiger partial charge >= 0.3 is 6.18 Å². The fraction of sp³-hybridized carbons (Fsp3) is 0.588. The highest BCUT2D eigenvalue weighted by Crippen LogP contribution is 2.38. The SMILES string of the molecule is COCCC(=O)N1CCC(c2cc(C(F)(F)F)c3c(C)noc3n2)CC1. The zero-order chi connectivity index (χ0) is 18.9. The Labute approximate surface area is 148 Å². The quantitative estimate of drug-likeness (QED) is 0.825. The van der Waals surface area contributed by atoms with Gasteiger partial charge in [0.1, 0.15) is 0 Å². The molecule has 0 saturated carbocycles. The number of likely N-dealkylation sites (tertiary alicyclic amines) is 1. The second kappa shape index (κ2) is 7.22. The average molecular weight is 371 g/mol. The highest BCUT2D eigenvalue weighted by molar-refractivity contribution is 5.81. The lowest BCUT2D eigenvalue weighted by molar-refractivity contribution is -0.136. The van der Waals surface area contributed by atoms with Crippen LogP contribution in [0.25, 0.3) is 11.1 Å². The molecule has 0 atom stereocenters. The summed E-state index contributed by atoms with van der Waals surface area (Å²) in [5.74, 6) is -0.159. The molecule has 0 N–H and O–H groups in total. The number of piperidine rings is 1. The molecule has 1 aliphatic heterocycles. The first kappa shape index (κ1) is 18.6. The Morgan fingerprint density at radius 3 is 2.69 bits per heavy atom. The van der Waals surface area contributed by atoms with Gasteiger partial charge in [-0.15, -0.1) is 0 Å². The topological polar surface area (TPSA) is 68.5 Å². The molecule has 0 aliphatic carbocycles. The van der Waals surface area contributed by atoms with E-state index in [9.17, 15) is 18.0 Å². The maximum Gasteiger partial charge on any atom is 0.417 e. The van der Waals surface area contributed by atoms with Crippen LogP contribution in [-0.2, 0) is 15.7 Å². The first-order valence-electron chi connectivity index (χ1n) is 8.42. The number of nitrogens with zero attached hydrogens (tertiary/aromatic N) is 3. The number of fused-ring (bicyclic) bond motifs is 1. The molecule has 6 nitrogen and oxygen atoms in total. The molecule has 0 aromatic carbocycles. The summed E-state index contributed by atoms with van der Waals surface area (Å²) in [6, 6.07) is 1.10. The first-order valence-corrected chi connectivity index (χ1v) is 8.42. The number of methoxy groups -OCH3 is 1. The molecule has 1 amide bonds. The Kier molecular flexibility index (Phi) is 5.17. The number of aryl methyl sites for hydroxylation is 1. The zero-order valence-electron chi connectivity index (χ0n) is 14.6. The lowest BCUT2D eigenvalue weighted by Crippen LogP contribution is -2.38. The molecule has 0 bridgehead atoms. The fourth-order valence-electron chi connectivity index (χ4n) is 3.32. The van der Waals surface area contributed by atoms with Gasteiger partial charge in [-0.2, -0.15) is 13.2 Å². The molecule has 3 rings (SSSR count). The van der Waals surface area contributed by atoms with E-state index in [1.807, 2.05) is 0 Å². The number of carbonyl (C=O) groups excluding carboxylic acids is 1. The number of hydrogen-bond donors (Lipinski definition) is 0. The van der Waals surface area contributed by atoms with Gasteiger partial charge in [-0.3, -0.25) is 4.79 Å². The monoisotopic (exact) mass is 371 g/mol. The molecule has 26 heavy (non-hydrogen) atoms. The summed E-state index contributed by atoms with van der Waals surface area (Å²) in [7, 11) is 1.53. The molecule has 1 fully saturated rings. The smallest absolute Gasteiger partial charge is 0.384 e. The predicted molar refractivity (Wildman–Crippen MR) is 86.6 cm³/mol. The van der Waals surface area contributed by atoms with E-state index in [1.54, 1.807) is 4.90 Å². The van der Waals surface area contributed by atoms with Crippen molar-refractivity contribution in [1.29, 1.82) is 0 Å². The second-order valence-corrected chi connectivity index (χ2v) is 6.44. The predicted octanol–water partition coefficient (Wildman–Crippen LogP) is 3.29. The number of pyridine rings is 1. The van der Waals surface area contributed by atoms with Crippen molar-refractivity contribution in [2.24, 2.45) is 0 Å². The highest BCUT2D eigenvalue weighted by Gasteiger charge is 2.36. The number of amides is 1. The van der Waals surface area contributed by atoms with Gasteiger partial charge in [-0.1, -0.05) is 5.16 Å². The average Bonchev–Trinajstić information content (AvgIpc) is 2.99. The minimum atomic E-state index is -4.51. The van der Waals surface area contributed by atoms with Crippen molar-refractivity contribution in [1.82, 2.24) is 15.0 Å². The van der Waals surface area contributed by atoms with Gasteiger partial charge in [-0.25, -0.2) is 4.98 Å². The van der Waals surface area contributed by atoms with Crippen molar-refractivity contribution in [3.05, 3.63) is 23.0 Å². The van der Waals surface area contributed by atoms with Crippen molar-refractivity contribution in [2.75, 3.05) is 26.8 Å². The van der Waals surface area contributed by atoms with Crippen molar-refractivity contribution in [2.45, 2.75) is 38.3 Å². The van der Waals surface area contributed by atoms with Crippen LogP contribution in [-0.4, -0.2) is 47.8 Å².